The minimum atomic E-state index is -4.48. The lowest BCUT2D eigenvalue weighted by molar-refractivity contribution is -0.156. The second kappa shape index (κ2) is 13.1. The predicted octanol–water partition coefficient (Wildman–Crippen LogP) is 7.56. The number of halogens is 3. The summed E-state index contributed by atoms with van der Waals surface area (Å²) in [5.74, 6) is -0.0540. The van der Waals surface area contributed by atoms with Gasteiger partial charge in [-0.15, -0.1) is 23.1 Å². The van der Waals surface area contributed by atoms with E-state index in [1.54, 1.807) is 23.8 Å². The Morgan fingerprint density at radius 1 is 1.09 bits per heavy atom. The van der Waals surface area contributed by atoms with Crippen LogP contribution in [0.4, 0.5) is 13.2 Å². The molecule has 0 amide bonds. The van der Waals surface area contributed by atoms with Crippen molar-refractivity contribution in [2.45, 2.75) is 82.2 Å². The number of rotatable bonds is 10. The first-order chi connectivity index (χ1) is 20.1. The zero-order valence-corrected chi connectivity index (χ0v) is 26.5. The molecule has 0 bridgehead atoms. The number of alkyl halides is 3. The highest BCUT2D eigenvalue weighted by Gasteiger charge is 2.34. The molecule has 2 aromatic carbocycles. The van der Waals surface area contributed by atoms with Crippen molar-refractivity contribution in [3.05, 3.63) is 87.7 Å². The number of aryl methyl sites for hydroxylation is 1. The lowest BCUT2D eigenvalue weighted by Crippen LogP contribution is -2.45. The molecule has 1 aliphatic heterocycles. The number of thiazole rings is 1. The average Bonchev–Trinajstić information content (AvgIpc) is 3.32. The second-order valence-electron chi connectivity index (χ2n) is 11.5. The number of hydrogen-bond acceptors (Lipinski definition) is 9. The van der Waals surface area contributed by atoms with E-state index in [-0.39, 0.29) is 23.8 Å². The normalized spacial score (nSPS) is 15.8. The number of esters is 1. The molecule has 1 aromatic heterocycles. The van der Waals surface area contributed by atoms with E-state index < -0.39 is 22.1 Å². The van der Waals surface area contributed by atoms with E-state index in [0.29, 0.717) is 13.1 Å². The number of nitrogens with zero attached hydrogens (tertiary/aromatic N) is 3. The Balaban J connectivity index is 1.45. The molecular formula is C31H35F3N4O3S2. The highest BCUT2D eigenvalue weighted by atomic mass is 32.2. The van der Waals surface area contributed by atoms with Gasteiger partial charge in [-0.1, -0.05) is 18.2 Å². The molecule has 1 atom stereocenters. The lowest BCUT2D eigenvalue weighted by atomic mass is 10.1. The van der Waals surface area contributed by atoms with E-state index in [1.807, 2.05) is 76.1 Å². The molecule has 0 spiro atoms. The zero-order chi connectivity index (χ0) is 31.4. The highest BCUT2D eigenvalue weighted by molar-refractivity contribution is 8.01. The van der Waals surface area contributed by atoms with Crippen molar-refractivity contribution >= 4 is 35.4 Å². The number of aliphatic imine (C=N–C) groups is 1. The number of thioether (sulfide) groups is 1. The summed E-state index contributed by atoms with van der Waals surface area (Å²) in [5.41, 5.74) is 0.523. The van der Waals surface area contributed by atoms with Gasteiger partial charge in [0.05, 0.1) is 29.1 Å². The maximum absolute atomic E-state index is 13.2. The van der Waals surface area contributed by atoms with Crippen LogP contribution in [-0.4, -0.2) is 38.7 Å². The fourth-order valence-corrected chi connectivity index (χ4v) is 5.60. The molecule has 0 fully saturated rings. The minimum absolute atomic E-state index is 0.0444. The van der Waals surface area contributed by atoms with Gasteiger partial charge in [0.25, 0.3) is 0 Å². The van der Waals surface area contributed by atoms with Crippen molar-refractivity contribution in [3.63, 3.8) is 0 Å². The molecule has 1 unspecified atom stereocenters. The number of nitrogens with one attached hydrogen (secondary N) is 1. The SMILES string of the molecule is Cc1nc(CN2C=NC(Oc3cccc(C(F)(F)F)c3)=CC2NCc2ccc(SC(C)(C)C(=O)OC(C)(C)C)cc2)cs1. The molecular weight excluding hydrogens is 597 g/mol. The van der Waals surface area contributed by atoms with Gasteiger partial charge in [0.1, 0.15) is 22.3 Å². The summed E-state index contributed by atoms with van der Waals surface area (Å²) < 4.78 is 50.1. The summed E-state index contributed by atoms with van der Waals surface area (Å²) in [6.45, 7) is 12.1. The van der Waals surface area contributed by atoms with Gasteiger partial charge in [-0.05, 0) is 77.4 Å². The van der Waals surface area contributed by atoms with Crippen LogP contribution in [0.3, 0.4) is 0 Å². The molecule has 230 valence electrons. The molecule has 3 aromatic rings. The summed E-state index contributed by atoms with van der Waals surface area (Å²) in [4.78, 5) is 24.4. The Bertz CT molecular complexity index is 1480. The van der Waals surface area contributed by atoms with E-state index in [1.165, 1.54) is 23.9 Å². The van der Waals surface area contributed by atoms with E-state index in [0.717, 1.165) is 33.3 Å². The second-order valence-corrected chi connectivity index (χ2v) is 14.2. The van der Waals surface area contributed by atoms with Gasteiger partial charge in [0.15, 0.2) is 0 Å². The number of carbonyl (C=O) groups is 1. The van der Waals surface area contributed by atoms with E-state index in [2.05, 4.69) is 15.3 Å². The molecule has 7 nitrogen and oxygen atoms in total. The number of aromatic nitrogens is 1. The van der Waals surface area contributed by atoms with Gasteiger partial charge in [0, 0.05) is 22.9 Å². The van der Waals surface area contributed by atoms with Crippen LogP contribution in [0.2, 0.25) is 0 Å². The largest absolute Gasteiger partial charge is 0.459 e. The van der Waals surface area contributed by atoms with Crippen LogP contribution in [0.5, 0.6) is 5.75 Å². The first-order valence-electron chi connectivity index (χ1n) is 13.6. The van der Waals surface area contributed by atoms with Crippen molar-refractivity contribution in [1.82, 2.24) is 15.2 Å². The van der Waals surface area contributed by atoms with Crippen LogP contribution >= 0.6 is 23.1 Å². The van der Waals surface area contributed by atoms with Crippen molar-refractivity contribution in [3.8, 4) is 5.75 Å². The molecule has 0 radical (unpaired) electrons. The summed E-state index contributed by atoms with van der Waals surface area (Å²) >= 11 is 2.99. The molecule has 43 heavy (non-hydrogen) atoms. The number of carbonyl (C=O) groups excluding carboxylic acids is 1. The zero-order valence-electron chi connectivity index (χ0n) is 24.9. The van der Waals surface area contributed by atoms with Crippen molar-refractivity contribution in [1.29, 1.82) is 0 Å². The Kier molecular flexibility index (Phi) is 9.93. The molecule has 1 aliphatic rings. The highest BCUT2D eigenvalue weighted by Crippen LogP contribution is 2.35. The average molecular weight is 633 g/mol. The summed E-state index contributed by atoms with van der Waals surface area (Å²) in [6, 6.07) is 12.6. The van der Waals surface area contributed by atoms with Crippen LogP contribution < -0.4 is 10.1 Å². The Morgan fingerprint density at radius 3 is 2.44 bits per heavy atom. The first-order valence-corrected chi connectivity index (χ1v) is 15.3. The topological polar surface area (TPSA) is 76.0 Å². The van der Waals surface area contributed by atoms with E-state index >= 15 is 0 Å². The molecule has 1 N–H and O–H groups in total. The van der Waals surface area contributed by atoms with Crippen molar-refractivity contribution in [2.75, 3.05) is 0 Å². The van der Waals surface area contributed by atoms with Crippen molar-refractivity contribution < 1.29 is 27.4 Å². The first kappa shape index (κ1) is 32.6. The lowest BCUT2D eigenvalue weighted by Gasteiger charge is -2.31. The standard InChI is InChI=1S/C31H35F3N4O3S2/c1-20-37-23(18-42-20)17-38-19-36-27(40-24-9-7-8-22(14-24)31(32,33)34)15-26(38)35-16-21-10-12-25(13-11-21)43-30(5,6)28(39)41-29(2,3)4/h7-15,18-19,26,35H,16-17H2,1-6H3. The van der Waals surface area contributed by atoms with Gasteiger partial charge in [-0.3, -0.25) is 10.1 Å². The third kappa shape index (κ3) is 9.57. The summed E-state index contributed by atoms with van der Waals surface area (Å²) in [7, 11) is 0. The van der Waals surface area contributed by atoms with Gasteiger partial charge in [-0.25, -0.2) is 9.98 Å². The third-order valence-electron chi connectivity index (χ3n) is 6.09. The van der Waals surface area contributed by atoms with Gasteiger partial charge < -0.3 is 14.4 Å². The molecule has 0 aliphatic carbocycles. The van der Waals surface area contributed by atoms with Crippen LogP contribution in [0.25, 0.3) is 0 Å². The molecule has 0 saturated carbocycles. The third-order valence-corrected chi connectivity index (χ3v) is 8.10. The van der Waals surface area contributed by atoms with Gasteiger partial charge in [-0.2, -0.15) is 13.2 Å². The Morgan fingerprint density at radius 2 is 1.81 bits per heavy atom. The summed E-state index contributed by atoms with van der Waals surface area (Å²) in [5, 5.41) is 6.40. The van der Waals surface area contributed by atoms with Crippen LogP contribution in [0.15, 0.2) is 75.8 Å². The summed E-state index contributed by atoms with van der Waals surface area (Å²) in [6.07, 6.45) is -1.52. The quantitative estimate of drug-likeness (QED) is 0.183. The van der Waals surface area contributed by atoms with E-state index in [9.17, 15) is 18.0 Å². The van der Waals surface area contributed by atoms with Gasteiger partial charge >= 0.3 is 12.1 Å². The van der Waals surface area contributed by atoms with Gasteiger partial charge in [0.2, 0.25) is 5.88 Å². The Hall–Kier alpha value is -3.35. The fraction of sp³-hybridized carbons (Fsp3) is 0.387. The number of ether oxygens (including phenoxy) is 2. The van der Waals surface area contributed by atoms with Crippen molar-refractivity contribution in [2.24, 2.45) is 4.99 Å². The Labute approximate surface area is 258 Å². The van der Waals surface area contributed by atoms with Crippen LogP contribution in [-0.2, 0) is 28.8 Å². The molecule has 4 rings (SSSR count). The minimum Gasteiger partial charge on any atom is -0.459 e. The van der Waals surface area contributed by atoms with Crippen LogP contribution in [0, 0.1) is 6.92 Å². The van der Waals surface area contributed by atoms with E-state index in [4.69, 9.17) is 9.47 Å². The molecule has 2 heterocycles. The number of benzene rings is 2. The maximum Gasteiger partial charge on any atom is 0.416 e. The monoisotopic (exact) mass is 632 g/mol. The number of hydrogen-bond donors (Lipinski definition) is 1. The predicted molar refractivity (Wildman–Crippen MR) is 164 cm³/mol. The molecule has 0 saturated heterocycles. The smallest absolute Gasteiger partial charge is 0.416 e. The molecule has 12 heteroatoms. The van der Waals surface area contributed by atoms with Crippen LogP contribution in [0.1, 0.15) is 56.4 Å². The fourth-order valence-electron chi connectivity index (χ4n) is 4.01. The maximum atomic E-state index is 13.2.